The van der Waals surface area contributed by atoms with Gasteiger partial charge >= 0.3 is 0 Å². The van der Waals surface area contributed by atoms with Gasteiger partial charge in [0.1, 0.15) is 0 Å². The number of para-hydroxylation sites is 1. The molecule has 0 aromatic heterocycles. The number of hydrogen-bond donors (Lipinski definition) is 1. The molecule has 1 aliphatic rings. The number of nitrogens with one attached hydrogen (secondary N) is 1. The highest BCUT2D eigenvalue weighted by Crippen LogP contribution is 2.22. The predicted molar refractivity (Wildman–Crippen MR) is 74.5 cm³/mol. The van der Waals surface area contributed by atoms with Gasteiger partial charge in [-0.15, -0.1) is 0 Å². The average molecular weight is 243 g/mol. The Morgan fingerprint density at radius 2 is 2.06 bits per heavy atom. The molecule has 1 aromatic rings. The number of benzene rings is 1. The molecule has 0 bridgehead atoms. The molecule has 3 nitrogen and oxygen atoms in total. The summed E-state index contributed by atoms with van der Waals surface area (Å²) in [4.78, 5) is 2.41. The first-order chi connectivity index (χ1) is 8.92. The smallest absolute Gasteiger partial charge is 0.0640 e. The SMILES string of the molecule is N#CCCN(c1ccccc1)C1CCCNCC1. The van der Waals surface area contributed by atoms with Crippen LogP contribution in [0.15, 0.2) is 30.3 Å². The van der Waals surface area contributed by atoms with Gasteiger partial charge in [-0.05, 0) is 44.5 Å². The van der Waals surface area contributed by atoms with Crippen LogP contribution in [0.4, 0.5) is 5.69 Å². The third kappa shape index (κ3) is 3.48. The van der Waals surface area contributed by atoms with Gasteiger partial charge in [-0.2, -0.15) is 5.26 Å². The van der Waals surface area contributed by atoms with E-state index in [4.69, 9.17) is 5.26 Å². The first kappa shape index (κ1) is 12.9. The van der Waals surface area contributed by atoms with Crippen LogP contribution in [0.25, 0.3) is 0 Å². The second-order valence-corrected chi connectivity index (χ2v) is 4.77. The van der Waals surface area contributed by atoms with Gasteiger partial charge in [-0.25, -0.2) is 0 Å². The molecule has 18 heavy (non-hydrogen) atoms. The Morgan fingerprint density at radius 1 is 1.22 bits per heavy atom. The van der Waals surface area contributed by atoms with Crippen molar-refractivity contribution in [1.82, 2.24) is 5.32 Å². The standard InChI is InChI=1S/C15H21N3/c16-10-5-13-18(14-6-2-1-3-7-14)15-8-4-11-17-12-9-15/h1-3,6-7,15,17H,4-5,8-9,11-13H2. The maximum Gasteiger partial charge on any atom is 0.0640 e. The number of hydrogen-bond acceptors (Lipinski definition) is 3. The van der Waals surface area contributed by atoms with Crippen molar-refractivity contribution in [2.24, 2.45) is 0 Å². The average Bonchev–Trinajstić information content (AvgIpc) is 2.70. The minimum absolute atomic E-state index is 0.566. The summed E-state index contributed by atoms with van der Waals surface area (Å²) < 4.78 is 0. The normalized spacial score (nSPS) is 19.8. The lowest BCUT2D eigenvalue weighted by Gasteiger charge is -2.32. The van der Waals surface area contributed by atoms with Gasteiger partial charge in [-0.3, -0.25) is 0 Å². The molecule has 2 rings (SSSR count). The summed E-state index contributed by atoms with van der Waals surface area (Å²) >= 11 is 0. The Bertz CT molecular complexity index is 374. The molecule has 1 aromatic carbocycles. The van der Waals surface area contributed by atoms with E-state index in [-0.39, 0.29) is 0 Å². The van der Waals surface area contributed by atoms with E-state index < -0.39 is 0 Å². The van der Waals surface area contributed by atoms with Crippen LogP contribution in [0.2, 0.25) is 0 Å². The van der Waals surface area contributed by atoms with Crippen molar-refractivity contribution in [2.45, 2.75) is 31.7 Å². The highest BCUT2D eigenvalue weighted by Gasteiger charge is 2.19. The summed E-state index contributed by atoms with van der Waals surface area (Å²) in [6, 6.07) is 13.3. The first-order valence-corrected chi connectivity index (χ1v) is 6.81. The van der Waals surface area contributed by atoms with Crippen molar-refractivity contribution >= 4 is 5.69 Å². The van der Waals surface area contributed by atoms with Gasteiger partial charge in [0.15, 0.2) is 0 Å². The van der Waals surface area contributed by atoms with E-state index in [1.54, 1.807) is 0 Å². The Kier molecular flexibility index (Phi) is 5.04. The van der Waals surface area contributed by atoms with Crippen molar-refractivity contribution in [3.8, 4) is 6.07 Å². The summed E-state index contributed by atoms with van der Waals surface area (Å²) in [5.74, 6) is 0. The number of nitriles is 1. The van der Waals surface area contributed by atoms with Gasteiger partial charge in [0.05, 0.1) is 12.5 Å². The number of nitrogens with zero attached hydrogens (tertiary/aromatic N) is 2. The van der Waals surface area contributed by atoms with E-state index in [2.05, 4.69) is 40.6 Å². The van der Waals surface area contributed by atoms with Gasteiger partial charge in [0, 0.05) is 18.3 Å². The number of rotatable bonds is 4. The second-order valence-electron chi connectivity index (χ2n) is 4.77. The van der Waals surface area contributed by atoms with Crippen LogP contribution in [0, 0.1) is 11.3 Å². The summed E-state index contributed by atoms with van der Waals surface area (Å²) in [7, 11) is 0. The summed E-state index contributed by atoms with van der Waals surface area (Å²) in [5.41, 5.74) is 1.25. The molecule has 1 heterocycles. The monoisotopic (exact) mass is 243 g/mol. The van der Waals surface area contributed by atoms with Crippen LogP contribution < -0.4 is 10.2 Å². The molecular formula is C15H21N3. The molecule has 1 atom stereocenters. The molecule has 0 amide bonds. The molecule has 0 spiro atoms. The fraction of sp³-hybridized carbons (Fsp3) is 0.533. The maximum absolute atomic E-state index is 8.83. The van der Waals surface area contributed by atoms with E-state index in [1.807, 2.05) is 6.07 Å². The fourth-order valence-electron chi connectivity index (χ4n) is 2.62. The zero-order valence-electron chi connectivity index (χ0n) is 10.8. The number of anilines is 1. The molecule has 0 radical (unpaired) electrons. The predicted octanol–water partition coefficient (Wildman–Crippen LogP) is 2.55. The maximum atomic E-state index is 8.83. The van der Waals surface area contributed by atoms with Crippen molar-refractivity contribution in [3.63, 3.8) is 0 Å². The van der Waals surface area contributed by atoms with E-state index in [9.17, 15) is 0 Å². The molecule has 0 saturated carbocycles. The molecule has 96 valence electrons. The van der Waals surface area contributed by atoms with Crippen LogP contribution in [0.1, 0.15) is 25.7 Å². The molecule has 1 unspecified atom stereocenters. The zero-order valence-corrected chi connectivity index (χ0v) is 10.8. The highest BCUT2D eigenvalue weighted by atomic mass is 15.2. The Labute approximate surface area is 109 Å². The Balaban J connectivity index is 2.11. The Morgan fingerprint density at radius 3 is 2.83 bits per heavy atom. The van der Waals surface area contributed by atoms with Gasteiger partial charge in [-0.1, -0.05) is 18.2 Å². The van der Waals surface area contributed by atoms with Crippen LogP contribution >= 0.6 is 0 Å². The molecule has 0 aliphatic carbocycles. The van der Waals surface area contributed by atoms with Crippen molar-refractivity contribution in [3.05, 3.63) is 30.3 Å². The summed E-state index contributed by atoms with van der Waals surface area (Å²) in [6.07, 6.45) is 4.20. The van der Waals surface area contributed by atoms with Crippen LogP contribution in [-0.4, -0.2) is 25.7 Å². The van der Waals surface area contributed by atoms with Crippen molar-refractivity contribution < 1.29 is 0 Å². The third-order valence-corrected chi connectivity index (χ3v) is 3.54. The second kappa shape index (κ2) is 7.03. The summed E-state index contributed by atoms with van der Waals surface area (Å²) in [5, 5.41) is 12.3. The summed E-state index contributed by atoms with van der Waals surface area (Å²) in [6.45, 7) is 3.04. The quantitative estimate of drug-likeness (QED) is 0.883. The van der Waals surface area contributed by atoms with E-state index in [1.165, 1.54) is 24.9 Å². The molecule has 1 aliphatic heterocycles. The van der Waals surface area contributed by atoms with Gasteiger partial charge < -0.3 is 10.2 Å². The van der Waals surface area contributed by atoms with Crippen LogP contribution in [0.3, 0.4) is 0 Å². The molecule has 1 saturated heterocycles. The third-order valence-electron chi connectivity index (χ3n) is 3.54. The first-order valence-electron chi connectivity index (χ1n) is 6.81. The molecule has 1 N–H and O–H groups in total. The minimum atomic E-state index is 0.566. The van der Waals surface area contributed by atoms with Crippen molar-refractivity contribution in [1.29, 1.82) is 5.26 Å². The van der Waals surface area contributed by atoms with Gasteiger partial charge in [0.2, 0.25) is 0 Å². The van der Waals surface area contributed by atoms with Gasteiger partial charge in [0.25, 0.3) is 0 Å². The largest absolute Gasteiger partial charge is 0.367 e. The van der Waals surface area contributed by atoms with Crippen LogP contribution in [-0.2, 0) is 0 Å². The minimum Gasteiger partial charge on any atom is -0.367 e. The molecule has 1 fully saturated rings. The Hall–Kier alpha value is -1.53. The highest BCUT2D eigenvalue weighted by molar-refractivity contribution is 5.47. The topological polar surface area (TPSA) is 39.1 Å². The molecule has 3 heteroatoms. The lowest BCUT2D eigenvalue weighted by Crippen LogP contribution is -2.36. The van der Waals surface area contributed by atoms with E-state index >= 15 is 0 Å². The van der Waals surface area contributed by atoms with E-state index in [0.29, 0.717) is 12.5 Å². The molecular weight excluding hydrogens is 222 g/mol. The van der Waals surface area contributed by atoms with Crippen LogP contribution in [0.5, 0.6) is 0 Å². The van der Waals surface area contributed by atoms with E-state index in [0.717, 1.165) is 19.6 Å². The lowest BCUT2D eigenvalue weighted by molar-refractivity contribution is 0.539. The zero-order chi connectivity index (χ0) is 12.6. The van der Waals surface area contributed by atoms with Crippen molar-refractivity contribution in [2.75, 3.05) is 24.5 Å². The lowest BCUT2D eigenvalue weighted by atomic mass is 10.1. The fourth-order valence-corrected chi connectivity index (χ4v) is 2.62.